The van der Waals surface area contributed by atoms with Crippen LogP contribution in [0, 0.1) is 0 Å². The number of carbonyl (C=O) groups excluding carboxylic acids is 1. The van der Waals surface area contributed by atoms with Gasteiger partial charge >= 0.3 is 0 Å². The standard InChI is InChI=1S/C13H14N4O/c14-9-5-8(6-10(15)7-9)13(18)17-12-4-2-1-3-11(12)16/h1-7H,14-16H2,(H,17,18). The first-order chi connectivity index (χ1) is 8.56. The summed E-state index contributed by atoms with van der Waals surface area (Å²) in [7, 11) is 0. The van der Waals surface area contributed by atoms with E-state index in [0.29, 0.717) is 28.3 Å². The number of rotatable bonds is 2. The molecule has 0 bridgehead atoms. The number of benzene rings is 2. The Kier molecular flexibility index (Phi) is 3.05. The van der Waals surface area contributed by atoms with E-state index < -0.39 is 0 Å². The van der Waals surface area contributed by atoms with Crippen LogP contribution in [0.5, 0.6) is 0 Å². The topological polar surface area (TPSA) is 107 Å². The summed E-state index contributed by atoms with van der Waals surface area (Å²) >= 11 is 0. The highest BCUT2D eigenvalue weighted by Gasteiger charge is 2.08. The van der Waals surface area contributed by atoms with E-state index in [1.54, 1.807) is 42.5 Å². The second-order valence-corrected chi connectivity index (χ2v) is 3.93. The molecule has 0 aromatic heterocycles. The molecular weight excluding hydrogens is 228 g/mol. The van der Waals surface area contributed by atoms with Crippen LogP contribution in [-0.4, -0.2) is 5.91 Å². The SMILES string of the molecule is Nc1cc(N)cc(C(=O)Nc2ccccc2N)c1. The zero-order valence-corrected chi connectivity index (χ0v) is 9.68. The molecule has 1 amide bonds. The van der Waals surface area contributed by atoms with Gasteiger partial charge in [0.2, 0.25) is 0 Å². The Labute approximate surface area is 105 Å². The van der Waals surface area contributed by atoms with Gasteiger partial charge in [-0.05, 0) is 30.3 Å². The summed E-state index contributed by atoms with van der Waals surface area (Å²) < 4.78 is 0. The van der Waals surface area contributed by atoms with Gasteiger partial charge in [-0.1, -0.05) is 12.1 Å². The van der Waals surface area contributed by atoms with Crippen molar-refractivity contribution in [3.05, 3.63) is 48.0 Å². The van der Waals surface area contributed by atoms with E-state index in [2.05, 4.69) is 5.32 Å². The quantitative estimate of drug-likeness (QED) is 0.601. The molecule has 0 aliphatic heterocycles. The van der Waals surface area contributed by atoms with Crippen LogP contribution in [0.25, 0.3) is 0 Å². The van der Waals surface area contributed by atoms with Gasteiger partial charge in [0.1, 0.15) is 0 Å². The first-order valence-electron chi connectivity index (χ1n) is 5.38. The van der Waals surface area contributed by atoms with Crippen molar-refractivity contribution in [2.45, 2.75) is 0 Å². The summed E-state index contributed by atoms with van der Waals surface area (Å²) in [5.41, 5.74) is 19.4. The van der Waals surface area contributed by atoms with Crippen molar-refractivity contribution in [2.75, 3.05) is 22.5 Å². The molecule has 2 aromatic rings. The van der Waals surface area contributed by atoms with Crippen LogP contribution in [0.2, 0.25) is 0 Å². The lowest BCUT2D eigenvalue weighted by Crippen LogP contribution is -2.13. The van der Waals surface area contributed by atoms with Crippen molar-refractivity contribution in [2.24, 2.45) is 0 Å². The second-order valence-electron chi connectivity index (χ2n) is 3.93. The number of carbonyl (C=O) groups is 1. The molecule has 18 heavy (non-hydrogen) atoms. The molecule has 0 spiro atoms. The fourth-order valence-electron chi connectivity index (χ4n) is 1.61. The molecule has 0 atom stereocenters. The van der Waals surface area contributed by atoms with E-state index in [-0.39, 0.29) is 5.91 Å². The van der Waals surface area contributed by atoms with Gasteiger partial charge in [-0.15, -0.1) is 0 Å². The maximum atomic E-state index is 12.0. The summed E-state index contributed by atoms with van der Waals surface area (Å²) in [6.07, 6.45) is 0. The number of para-hydroxylation sites is 2. The minimum Gasteiger partial charge on any atom is -0.399 e. The molecule has 0 unspecified atom stereocenters. The predicted molar refractivity (Wildman–Crippen MR) is 74.1 cm³/mol. The average Bonchev–Trinajstić information content (AvgIpc) is 2.31. The zero-order valence-electron chi connectivity index (χ0n) is 9.68. The number of nitrogens with one attached hydrogen (secondary N) is 1. The lowest BCUT2D eigenvalue weighted by molar-refractivity contribution is 0.102. The minimum atomic E-state index is -0.299. The van der Waals surface area contributed by atoms with Gasteiger partial charge < -0.3 is 22.5 Å². The zero-order chi connectivity index (χ0) is 13.1. The highest BCUT2D eigenvalue weighted by atomic mass is 16.1. The minimum absolute atomic E-state index is 0.299. The van der Waals surface area contributed by atoms with E-state index in [9.17, 15) is 4.79 Å². The molecule has 5 nitrogen and oxygen atoms in total. The first-order valence-corrected chi connectivity index (χ1v) is 5.38. The molecule has 0 fully saturated rings. The van der Waals surface area contributed by atoms with Crippen molar-refractivity contribution >= 4 is 28.7 Å². The lowest BCUT2D eigenvalue weighted by atomic mass is 10.1. The Morgan fingerprint density at radius 3 is 2.17 bits per heavy atom. The molecular formula is C13H14N4O. The van der Waals surface area contributed by atoms with Crippen LogP contribution in [0.3, 0.4) is 0 Å². The Morgan fingerprint density at radius 2 is 1.56 bits per heavy atom. The summed E-state index contributed by atoms with van der Waals surface area (Å²) in [6, 6.07) is 11.7. The predicted octanol–water partition coefficient (Wildman–Crippen LogP) is 1.69. The maximum absolute atomic E-state index is 12.0. The molecule has 5 heteroatoms. The van der Waals surface area contributed by atoms with Gasteiger partial charge in [0.25, 0.3) is 5.91 Å². The van der Waals surface area contributed by atoms with Crippen molar-refractivity contribution in [1.29, 1.82) is 0 Å². The first kappa shape index (κ1) is 11.8. The Hall–Kier alpha value is -2.69. The van der Waals surface area contributed by atoms with Crippen molar-refractivity contribution in [3.8, 4) is 0 Å². The van der Waals surface area contributed by atoms with Crippen LogP contribution in [0.4, 0.5) is 22.7 Å². The third-order valence-corrected chi connectivity index (χ3v) is 2.45. The normalized spacial score (nSPS) is 10.0. The number of anilines is 4. The van der Waals surface area contributed by atoms with Crippen molar-refractivity contribution in [1.82, 2.24) is 0 Å². The van der Waals surface area contributed by atoms with E-state index in [0.717, 1.165) is 0 Å². The lowest BCUT2D eigenvalue weighted by Gasteiger charge is -2.08. The Bertz CT molecular complexity index is 575. The van der Waals surface area contributed by atoms with Crippen LogP contribution in [0.1, 0.15) is 10.4 Å². The molecule has 0 saturated heterocycles. The number of hydrogen-bond donors (Lipinski definition) is 4. The van der Waals surface area contributed by atoms with E-state index in [4.69, 9.17) is 17.2 Å². The smallest absolute Gasteiger partial charge is 0.255 e. The van der Waals surface area contributed by atoms with Gasteiger partial charge in [-0.3, -0.25) is 4.79 Å². The Morgan fingerprint density at radius 1 is 0.944 bits per heavy atom. The third kappa shape index (κ3) is 2.52. The van der Waals surface area contributed by atoms with Crippen molar-refractivity contribution in [3.63, 3.8) is 0 Å². The molecule has 0 aliphatic carbocycles. The van der Waals surface area contributed by atoms with Crippen LogP contribution < -0.4 is 22.5 Å². The summed E-state index contributed by atoms with van der Waals surface area (Å²) in [5, 5.41) is 2.71. The summed E-state index contributed by atoms with van der Waals surface area (Å²) in [4.78, 5) is 12.0. The van der Waals surface area contributed by atoms with Gasteiger partial charge in [-0.2, -0.15) is 0 Å². The van der Waals surface area contributed by atoms with E-state index >= 15 is 0 Å². The third-order valence-electron chi connectivity index (χ3n) is 2.45. The number of nitrogen functional groups attached to an aromatic ring is 3. The maximum Gasteiger partial charge on any atom is 0.255 e. The largest absolute Gasteiger partial charge is 0.399 e. The molecule has 2 rings (SSSR count). The van der Waals surface area contributed by atoms with Crippen LogP contribution in [-0.2, 0) is 0 Å². The second kappa shape index (κ2) is 4.67. The van der Waals surface area contributed by atoms with Gasteiger partial charge in [0.15, 0.2) is 0 Å². The highest BCUT2D eigenvalue weighted by molar-refractivity contribution is 6.06. The van der Waals surface area contributed by atoms with E-state index in [1.807, 2.05) is 0 Å². The molecule has 0 heterocycles. The molecule has 2 aromatic carbocycles. The molecule has 0 saturated carbocycles. The fourth-order valence-corrected chi connectivity index (χ4v) is 1.61. The van der Waals surface area contributed by atoms with Crippen molar-refractivity contribution < 1.29 is 4.79 Å². The summed E-state index contributed by atoms with van der Waals surface area (Å²) in [6.45, 7) is 0. The fraction of sp³-hybridized carbons (Fsp3) is 0. The van der Waals surface area contributed by atoms with Gasteiger partial charge in [-0.25, -0.2) is 0 Å². The number of amides is 1. The number of nitrogens with two attached hydrogens (primary N) is 3. The molecule has 7 N–H and O–H groups in total. The summed E-state index contributed by atoms with van der Waals surface area (Å²) in [5.74, 6) is -0.299. The highest BCUT2D eigenvalue weighted by Crippen LogP contribution is 2.19. The van der Waals surface area contributed by atoms with E-state index in [1.165, 1.54) is 0 Å². The monoisotopic (exact) mass is 242 g/mol. The van der Waals surface area contributed by atoms with Crippen LogP contribution in [0.15, 0.2) is 42.5 Å². The van der Waals surface area contributed by atoms with Crippen LogP contribution >= 0.6 is 0 Å². The number of hydrogen-bond acceptors (Lipinski definition) is 4. The Balaban J connectivity index is 2.25. The van der Waals surface area contributed by atoms with Gasteiger partial charge in [0.05, 0.1) is 11.4 Å². The van der Waals surface area contributed by atoms with Gasteiger partial charge in [0, 0.05) is 16.9 Å². The molecule has 92 valence electrons. The molecule has 0 aliphatic rings. The average molecular weight is 242 g/mol. The molecule has 0 radical (unpaired) electrons.